The first kappa shape index (κ1) is 31.4. The van der Waals surface area contributed by atoms with Crippen molar-refractivity contribution in [3.05, 3.63) is 190 Å². The minimum atomic E-state index is -2.78. The summed E-state index contributed by atoms with van der Waals surface area (Å²) in [5.74, 6) is 0. The standard InChI is InChI=1S/C48H36N2O2Si/c1-48(2,3)31-28-37-45-38(29-31)47(52)36-27-26-32(30-42(36)50(45)39-21-11-10-20-35(39)46(37)51)49-40-22-12-14-24-43(40)53(33-16-6-4-7-17-33,34-18-8-5-9-19-34)44-25-15-13-23-41(44)49/h4-30H,1-3H3. The van der Waals surface area contributed by atoms with Crippen LogP contribution in [-0.2, 0) is 5.41 Å². The number of aromatic nitrogens is 1. The fraction of sp³-hybridized carbons (Fsp3) is 0.0833. The SMILES string of the molecule is CC(C)(C)c1cc2c(=O)c3ccccc3n3c4cc(N5c6ccccc6[Si](c6ccccc6)(c6ccccc6)c6ccccc65)ccc4c(=O)c(c1)c23. The van der Waals surface area contributed by atoms with Gasteiger partial charge in [-0.25, -0.2) is 0 Å². The van der Waals surface area contributed by atoms with Crippen molar-refractivity contribution in [1.82, 2.24) is 4.40 Å². The van der Waals surface area contributed by atoms with Gasteiger partial charge in [0.15, 0.2) is 18.9 Å². The number of pyridine rings is 2. The highest BCUT2D eigenvalue weighted by Gasteiger charge is 2.48. The third kappa shape index (κ3) is 4.35. The fourth-order valence-electron chi connectivity index (χ4n) is 8.90. The molecule has 0 N–H and O–H groups in total. The van der Waals surface area contributed by atoms with E-state index >= 15 is 0 Å². The second-order valence-corrected chi connectivity index (χ2v) is 19.0. The first-order valence-electron chi connectivity index (χ1n) is 18.2. The van der Waals surface area contributed by atoms with Gasteiger partial charge in [-0.2, -0.15) is 0 Å². The summed E-state index contributed by atoms with van der Waals surface area (Å²) >= 11 is 0. The maximum absolute atomic E-state index is 14.6. The first-order valence-corrected chi connectivity index (χ1v) is 20.2. The quantitative estimate of drug-likeness (QED) is 0.107. The Morgan fingerprint density at radius 1 is 0.472 bits per heavy atom. The molecule has 0 radical (unpaired) electrons. The third-order valence-electron chi connectivity index (χ3n) is 11.3. The van der Waals surface area contributed by atoms with Gasteiger partial charge in [-0.15, -0.1) is 0 Å². The molecule has 254 valence electrons. The zero-order valence-corrected chi connectivity index (χ0v) is 30.8. The van der Waals surface area contributed by atoms with E-state index < -0.39 is 8.07 Å². The predicted molar refractivity (Wildman–Crippen MR) is 224 cm³/mol. The molecule has 0 saturated carbocycles. The zero-order valence-electron chi connectivity index (χ0n) is 29.8. The average Bonchev–Trinajstić information content (AvgIpc) is 3.19. The van der Waals surface area contributed by atoms with Crippen LogP contribution in [-0.4, -0.2) is 12.5 Å². The molecule has 0 atom stereocenters. The minimum Gasteiger partial charge on any atom is -0.311 e. The second-order valence-electron chi connectivity index (χ2n) is 15.2. The van der Waals surface area contributed by atoms with Crippen molar-refractivity contribution in [2.75, 3.05) is 4.90 Å². The summed E-state index contributed by atoms with van der Waals surface area (Å²) in [6.07, 6.45) is 0. The fourth-order valence-corrected chi connectivity index (χ4v) is 14.0. The molecule has 7 aromatic carbocycles. The molecule has 2 aromatic heterocycles. The topological polar surface area (TPSA) is 41.8 Å². The zero-order chi connectivity index (χ0) is 36.1. The molecular formula is C48H36N2O2Si. The van der Waals surface area contributed by atoms with Gasteiger partial charge >= 0.3 is 0 Å². The molecule has 0 fully saturated rings. The summed E-state index contributed by atoms with van der Waals surface area (Å²) in [5, 5.41) is 7.68. The van der Waals surface area contributed by atoms with E-state index in [1.54, 1.807) is 0 Å². The van der Waals surface area contributed by atoms with Gasteiger partial charge in [0.2, 0.25) is 0 Å². The van der Waals surface area contributed by atoms with Crippen molar-refractivity contribution in [2.24, 2.45) is 0 Å². The Balaban J connectivity index is 1.33. The Morgan fingerprint density at radius 2 is 0.962 bits per heavy atom. The lowest BCUT2D eigenvalue weighted by Crippen LogP contribution is -2.77. The van der Waals surface area contributed by atoms with E-state index in [9.17, 15) is 9.59 Å². The van der Waals surface area contributed by atoms with Gasteiger partial charge in [-0.05, 0) is 86.3 Å². The molecule has 0 amide bonds. The van der Waals surface area contributed by atoms with Crippen molar-refractivity contribution in [3.63, 3.8) is 0 Å². The minimum absolute atomic E-state index is 0.0476. The Hall–Kier alpha value is -6.30. The molecule has 1 aliphatic rings. The molecular weight excluding hydrogens is 665 g/mol. The number of fused-ring (bicyclic) bond motifs is 6. The van der Waals surface area contributed by atoms with E-state index in [0.717, 1.165) is 33.7 Å². The van der Waals surface area contributed by atoms with E-state index in [0.29, 0.717) is 27.1 Å². The van der Waals surface area contributed by atoms with Crippen LogP contribution >= 0.6 is 0 Å². The van der Waals surface area contributed by atoms with Crippen molar-refractivity contribution >= 4 is 84.0 Å². The van der Waals surface area contributed by atoms with Crippen LogP contribution in [0.2, 0.25) is 0 Å². The van der Waals surface area contributed by atoms with E-state index in [2.05, 4.69) is 151 Å². The third-order valence-corrected chi connectivity index (χ3v) is 16.2. The Labute approximate surface area is 308 Å². The monoisotopic (exact) mass is 700 g/mol. The average molecular weight is 701 g/mol. The van der Waals surface area contributed by atoms with Gasteiger partial charge in [0.1, 0.15) is 0 Å². The van der Waals surface area contributed by atoms with Gasteiger partial charge in [0, 0.05) is 38.6 Å². The lowest BCUT2D eigenvalue weighted by atomic mass is 9.85. The molecule has 53 heavy (non-hydrogen) atoms. The maximum Gasteiger partial charge on any atom is 0.197 e. The van der Waals surface area contributed by atoms with Gasteiger partial charge in [0.25, 0.3) is 0 Å². The Kier molecular flexibility index (Phi) is 6.73. The molecule has 3 heterocycles. The van der Waals surface area contributed by atoms with Crippen molar-refractivity contribution < 1.29 is 0 Å². The highest BCUT2D eigenvalue weighted by molar-refractivity contribution is 7.21. The molecule has 0 spiro atoms. The number of benzene rings is 7. The molecule has 0 bridgehead atoms. The molecule has 0 aliphatic carbocycles. The van der Waals surface area contributed by atoms with Gasteiger partial charge < -0.3 is 9.30 Å². The summed E-state index contributed by atoms with van der Waals surface area (Å²) < 4.78 is 2.16. The van der Waals surface area contributed by atoms with E-state index in [4.69, 9.17) is 0 Å². The summed E-state index contributed by atoms with van der Waals surface area (Å²) in [5.41, 5.74) is 6.06. The number of nitrogens with zero attached hydrogens (tertiary/aromatic N) is 2. The van der Waals surface area contributed by atoms with E-state index in [1.807, 2.05) is 42.5 Å². The number of para-hydroxylation sites is 3. The van der Waals surface area contributed by atoms with Crippen molar-refractivity contribution in [2.45, 2.75) is 26.2 Å². The van der Waals surface area contributed by atoms with Crippen molar-refractivity contribution in [1.29, 1.82) is 0 Å². The number of hydrogen-bond acceptors (Lipinski definition) is 3. The van der Waals surface area contributed by atoms with Gasteiger partial charge in [0.05, 0.1) is 16.6 Å². The number of rotatable bonds is 3. The maximum atomic E-state index is 14.6. The van der Waals surface area contributed by atoms with Crippen LogP contribution in [0.5, 0.6) is 0 Å². The van der Waals surface area contributed by atoms with Crippen LogP contribution < -0.4 is 36.5 Å². The summed E-state index contributed by atoms with van der Waals surface area (Å²) in [6.45, 7) is 6.36. The summed E-state index contributed by atoms with van der Waals surface area (Å²) in [6, 6.07) is 57.7. The smallest absolute Gasteiger partial charge is 0.197 e. The van der Waals surface area contributed by atoms with E-state index in [-0.39, 0.29) is 16.3 Å². The molecule has 0 saturated heterocycles. The lowest BCUT2D eigenvalue weighted by Gasteiger charge is -2.45. The number of anilines is 3. The molecule has 0 unspecified atom stereocenters. The Morgan fingerprint density at radius 3 is 1.53 bits per heavy atom. The Bertz CT molecular complexity index is 2930. The van der Waals surface area contributed by atoms with Crippen LogP contribution in [0.25, 0.3) is 38.1 Å². The number of hydrogen-bond donors (Lipinski definition) is 0. The molecule has 10 rings (SSSR count). The first-order chi connectivity index (χ1) is 25.8. The summed E-state index contributed by atoms with van der Waals surface area (Å²) in [7, 11) is -2.78. The summed E-state index contributed by atoms with van der Waals surface area (Å²) in [4.78, 5) is 31.1. The predicted octanol–water partition coefficient (Wildman–Crippen LogP) is 8.02. The molecule has 1 aliphatic heterocycles. The normalized spacial score (nSPS) is 13.8. The van der Waals surface area contributed by atoms with Crippen LogP contribution in [0, 0.1) is 0 Å². The largest absolute Gasteiger partial charge is 0.311 e. The van der Waals surface area contributed by atoms with Crippen molar-refractivity contribution in [3.8, 4) is 0 Å². The van der Waals surface area contributed by atoms with Crippen LogP contribution in [0.15, 0.2) is 173 Å². The second kappa shape index (κ2) is 11.3. The molecule has 9 aromatic rings. The van der Waals surface area contributed by atoms with Crippen LogP contribution in [0.1, 0.15) is 26.3 Å². The lowest BCUT2D eigenvalue weighted by molar-refractivity contribution is 0.591. The van der Waals surface area contributed by atoms with E-state index in [1.165, 1.54) is 20.7 Å². The highest BCUT2D eigenvalue weighted by atomic mass is 28.3. The molecule has 5 heteroatoms. The van der Waals surface area contributed by atoms with Gasteiger partial charge in [-0.3, -0.25) is 9.59 Å². The van der Waals surface area contributed by atoms with Gasteiger partial charge in [-0.1, -0.05) is 130 Å². The highest BCUT2D eigenvalue weighted by Crippen LogP contribution is 2.40. The van der Waals surface area contributed by atoms with Crippen LogP contribution in [0.4, 0.5) is 17.1 Å². The molecule has 4 nitrogen and oxygen atoms in total. The van der Waals surface area contributed by atoms with Crippen LogP contribution in [0.3, 0.4) is 0 Å².